The topological polar surface area (TPSA) is 12.0 Å². The molecule has 42 valence electrons. The average molecular weight is 98.2 g/mol. The van der Waals surface area contributed by atoms with Gasteiger partial charge in [-0.2, -0.15) is 12.8 Å². The first kappa shape index (κ1) is 5.10. The molecule has 0 spiro atoms. The maximum Gasteiger partial charge on any atom is -0.00743 e. The summed E-state index contributed by atoms with van der Waals surface area (Å²) in [4.78, 5) is 0. The maximum absolute atomic E-state index is 3.32. The van der Waals surface area contributed by atoms with E-state index in [4.69, 9.17) is 0 Å². The van der Waals surface area contributed by atoms with Crippen molar-refractivity contribution in [2.24, 2.45) is 0 Å². The van der Waals surface area contributed by atoms with Crippen LogP contribution in [-0.2, 0) is 0 Å². The van der Waals surface area contributed by atoms with Gasteiger partial charge in [0.25, 0.3) is 0 Å². The molecule has 1 aliphatic rings. The first-order valence-electron chi connectivity index (χ1n) is 3.02. The molecule has 1 heteroatoms. The molecular weight excluding hydrogens is 86.1 g/mol. The van der Waals surface area contributed by atoms with E-state index in [2.05, 4.69) is 11.7 Å². The van der Waals surface area contributed by atoms with Gasteiger partial charge in [0, 0.05) is 0 Å². The van der Waals surface area contributed by atoms with Crippen LogP contribution >= 0.6 is 0 Å². The number of rotatable bonds is 0. The normalized spacial score (nSPS) is 24.0. The minimum Gasteiger partial charge on any atom is -0.327 e. The van der Waals surface area contributed by atoms with E-state index in [-0.39, 0.29) is 0 Å². The zero-order valence-electron chi connectivity index (χ0n) is 4.61. The molecule has 1 fully saturated rings. The molecule has 0 aromatic carbocycles. The smallest absolute Gasteiger partial charge is 0.00743 e. The lowest BCUT2D eigenvalue weighted by atomic mass is 10.2. The molecule has 0 bridgehead atoms. The van der Waals surface area contributed by atoms with Gasteiger partial charge in [0.05, 0.1) is 0 Å². The predicted molar refractivity (Wildman–Crippen MR) is 31.0 cm³/mol. The minimum atomic E-state index is 1.19. The summed E-state index contributed by atoms with van der Waals surface area (Å²) in [6, 6.07) is 0. The van der Waals surface area contributed by atoms with Crippen LogP contribution < -0.4 is 5.32 Å². The molecule has 1 aliphatic heterocycles. The Hall–Kier alpha value is -0.0400. The number of hydrogen-bond donors (Lipinski definition) is 1. The molecule has 0 aromatic rings. The number of nitrogens with one attached hydrogen (secondary N) is 1. The first-order chi connectivity index (χ1) is 3.50. The van der Waals surface area contributed by atoms with Crippen molar-refractivity contribution in [1.82, 2.24) is 5.32 Å². The van der Waals surface area contributed by atoms with Crippen LogP contribution in [0.2, 0.25) is 0 Å². The number of hydrogen-bond acceptors (Lipinski definition) is 1. The van der Waals surface area contributed by atoms with E-state index in [9.17, 15) is 0 Å². The maximum atomic E-state index is 3.32. The summed E-state index contributed by atoms with van der Waals surface area (Å²) < 4.78 is 0. The zero-order valence-corrected chi connectivity index (χ0v) is 4.61. The van der Waals surface area contributed by atoms with Gasteiger partial charge in [0.15, 0.2) is 0 Å². The van der Waals surface area contributed by atoms with Crippen LogP contribution in [0.25, 0.3) is 0 Å². The lowest BCUT2D eigenvalue weighted by Crippen LogP contribution is -2.13. The van der Waals surface area contributed by atoms with Crippen LogP contribution in [0.1, 0.15) is 19.3 Å². The highest BCUT2D eigenvalue weighted by atomic mass is 14.8. The van der Waals surface area contributed by atoms with Crippen molar-refractivity contribution in [3.63, 3.8) is 0 Å². The van der Waals surface area contributed by atoms with E-state index in [1.165, 1.54) is 32.4 Å². The summed E-state index contributed by atoms with van der Waals surface area (Å²) in [5.74, 6) is 0. The van der Waals surface area contributed by atoms with Crippen molar-refractivity contribution < 1.29 is 0 Å². The third-order valence-electron chi connectivity index (χ3n) is 1.29. The molecule has 0 amide bonds. The van der Waals surface area contributed by atoms with Crippen LogP contribution in [0.4, 0.5) is 0 Å². The van der Waals surface area contributed by atoms with Crippen molar-refractivity contribution in [2.45, 2.75) is 19.3 Å². The monoisotopic (exact) mass is 98.1 g/mol. The van der Waals surface area contributed by atoms with Gasteiger partial charge in [-0.3, -0.25) is 0 Å². The van der Waals surface area contributed by atoms with Gasteiger partial charge < -0.3 is 11.7 Å². The Balaban J connectivity index is 2.04. The molecule has 0 unspecified atom stereocenters. The van der Waals surface area contributed by atoms with Gasteiger partial charge in [-0.05, 0) is 13.1 Å². The summed E-state index contributed by atoms with van der Waals surface area (Å²) in [5.41, 5.74) is 0. The van der Waals surface area contributed by atoms with Gasteiger partial charge in [-0.25, -0.2) is 0 Å². The Morgan fingerprint density at radius 1 is 1.14 bits per heavy atom. The summed E-state index contributed by atoms with van der Waals surface area (Å²) in [6.45, 7) is 2.41. The molecule has 0 radical (unpaired) electrons. The van der Waals surface area contributed by atoms with Gasteiger partial charge >= 0.3 is 0 Å². The quantitative estimate of drug-likeness (QED) is 0.445. The first-order valence-corrected chi connectivity index (χ1v) is 3.02. The van der Waals surface area contributed by atoms with Gasteiger partial charge in [-0.1, -0.05) is 6.42 Å². The molecule has 1 rings (SSSR count). The van der Waals surface area contributed by atoms with Crippen molar-refractivity contribution in [1.29, 1.82) is 0 Å². The molecule has 1 heterocycles. The molecular formula is C6H12N-. The van der Waals surface area contributed by atoms with Crippen molar-refractivity contribution in [2.75, 3.05) is 13.1 Å². The Labute approximate surface area is 45.1 Å². The summed E-state index contributed by atoms with van der Waals surface area (Å²) >= 11 is 0. The third-order valence-corrected chi connectivity index (χ3v) is 1.29. The predicted octanol–water partition coefficient (Wildman–Crippen LogP) is 0.964. The van der Waals surface area contributed by atoms with Crippen molar-refractivity contribution >= 4 is 0 Å². The van der Waals surface area contributed by atoms with Crippen LogP contribution in [0, 0.1) is 6.42 Å². The fourth-order valence-corrected chi connectivity index (χ4v) is 0.845. The molecule has 1 N–H and O–H groups in total. The SMILES string of the molecule is [CH-]1CCCNCC1. The summed E-state index contributed by atoms with van der Waals surface area (Å²) in [7, 11) is 0. The van der Waals surface area contributed by atoms with Crippen LogP contribution in [-0.4, -0.2) is 13.1 Å². The summed E-state index contributed by atoms with van der Waals surface area (Å²) in [6.07, 6.45) is 6.27. The van der Waals surface area contributed by atoms with E-state index in [1.807, 2.05) is 0 Å². The van der Waals surface area contributed by atoms with Crippen LogP contribution in [0.5, 0.6) is 0 Å². The van der Waals surface area contributed by atoms with Gasteiger partial charge in [-0.15, -0.1) is 0 Å². The second-order valence-corrected chi connectivity index (χ2v) is 1.97. The Bertz CT molecular complexity index is 23.8. The van der Waals surface area contributed by atoms with Gasteiger partial charge in [0.1, 0.15) is 0 Å². The van der Waals surface area contributed by atoms with E-state index in [0.29, 0.717) is 0 Å². The Kier molecular flexibility index (Phi) is 2.21. The average Bonchev–Trinajstić information content (AvgIpc) is 1.90. The molecule has 7 heavy (non-hydrogen) atoms. The highest BCUT2D eigenvalue weighted by Crippen LogP contribution is 1.99. The fourth-order valence-electron chi connectivity index (χ4n) is 0.845. The minimum absolute atomic E-state index is 1.19. The van der Waals surface area contributed by atoms with E-state index >= 15 is 0 Å². The molecule has 0 saturated carbocycles. The standard InChI is InChI=1S/C6H12N/c1-2-4-6-7-5-3-1/h1,7H,2-6H2/q-1. The van der Waals surface area contributed by atoms with Crippen molar-refractivity contribution in [3.8, 4) is 0 Å². The Morgan fingerprint density at radius 2 is 2.14 bits per heavy atom. The Morgan fingerprint density at radius 3 is 3.14 bits per heavy atom. The van der Waals surface area contributed by atoms with Crippen LogP contribution in [0.3, 0.4) is 0 Å². The largest absolute Gasteiger partial charge is 0.327 e. The highest BCUT2D eigenvalue weighted by molar-refractivity contribution is 4.70. The molecule has 0 atom stereocenters. The third kappa shape index (κ3) is 1.93. The summed E-state index contributed by atoms with van der Waals surface area (Å²) in [5, 5.41) is 3.32. The zero-order chi connectivity index (χ0) is 4.95. The molecule has 1 nitrogen and oxygen atoms in total. The van der Waals surface area contributed by atoms with E-state index in [0.717, 1.165) is 0 Å². The second-order valence-electron chi connectivity index (χ2n) is 1.97. The van der Waals surface area contributed by atoms with E-state index < -0.39 is 0 Å². The molecule has 0 aliphatic carbocycles. The van der Waals surface area contributed by atoms with Crippen LogP contribution in [0.15, 0.2) is 0 Å². The van der Waals surface area contributed by atoms with Gasteiger partial charge in [0.2, 0.25) is 0 Å². The highest BCUT2D eigenvalue weighted by Gasteiger charge is 1.85. The lowest BCUT2D eigenvalue weighted by molar-refractivity contribution is 0.703. The fraction of sp³-hybridized carbons (Fsp3) is 0.833. The lowest BCUT2D eigenvalue weighted by Gasteiger charge is -2.00. The molecule has 0 aromatic heterocycles. The second kappa shape index (κ2) is 3.03. The molecule has 1 saturated heterocycles. The van der Waals surface area contributed by atoms with E-state index in [1.54, 1.807) is 0 Å². The van der Waals surface area contributed by atoms with Crippen molar-refractivity contribution in [3.05, 3.63) is 6.42 Å².